The zero-order chi connectivity index (χ0) is 19.8. The van der Waals surface area contributed by atoms with Gasteiger partial charge in [-0.3, -0.25) is 9.78 Å². The summed E-state index contributed by atoms with van der Waals surface area (Å²) in [6.07, 6.45) is 0. The number of benzene rings is 2. The number of nitrogens with zero attached hydrogens (tertiary/aromatic N) is 3. The van der Waals surface area contributed by atoms with Crippen molar-refractivity contribution < 1.29 is 9.53 Å². The van der Waals surface area contributed by atoms with Crippen LogP contribution in [0.3, 0.4) is 0 Å². The molecule has 0 saturated carbocycles. The molecule has 0 N–H and O–H groups in total. The van der Waals surface area contributed by atoms with Gasteiger partial charge in [-0.05, 0) is 56.7 Å². The largest absolute Gasteiger partial charge is 0.495 e. The van der Waals surface area contributed by atoms with Gasteiger partial charge in [-0.25, -0.2) is 0 Å². The fraction of sp³-hybridized carbons (Fsp3) is 0.227. The lowest BCUT2D eigenvalue weighted by atomic mass is 10.1. The number of amides is 1. The summed E-state index contributed by atoms with van der Waals surface area (Å²) >= 11 is 1.52. The van der Waals surface area contributed by atoms with Crippen molar-refractivity contribution in [3.63, 3.8) is 0 Å². The number of carbonyl (C=O) groups is 1. The summed E-state index contributed by atoms with van der Waals surface area (Å²) in [5, 5.41) is 0.934. The molecule has 0 saturated heterocycles. The molecule has 0 unspecified atom stereocenters. The average molecular weight is 391 g/mol. The second kappa shape index (κ2) is 7.20. The Morgan fingerprint density at radius 3 is 2.75 bits per heavy atom. The molecule has 28 heavy (non-hydrogen) atoms. The van der Waals surface area contributed by atoms with Crippen LogP contribution in [-0.4, -0.2) is 22.6 Å². The van der Waals surface area contributed by atoms with E-state index in [1.54, 1.807) is 13.2 Å². The Hall–Kier alpha value is -2.99. The molecule has 0 aliphatic rings. The van der Waals surface area contributed by atoms with Crippen LogP contribution >= 0.6 is 11.3 Å². The van der Waals surface area contributed by atoms with Crippen molar-refractivity contribution in [1.29, 1.82) is 0 Å². The molecule has 0 aliphatic carbocycles. The lowest BCUT2D eigenvalue weighted by Crippen LogP contribution is -2.16. The normalized spacial score (nSPS) is 12.1. The van der Waals surface area contributed by atoms with Crippen LogP contribution in [0.25, 0.3) is 21.1 Å². The van der Waals surface area contributed by atoms with Crippen molar-refractivity contribution >= 4 is 38.4 Å². The van der Waals surface area contributed by atoms with E-state index < -0.39 is 0 Å². The van der Waals surface area contributed by atoms with Gasteiger partial charge in [0.15, 0.2) is 4.80 Å². The molecule has 1 amide bonds. The Balaban J connectivity index is 1.86. The van der Waals surface area contributed by atoms with E-state index in [0.29, 0.717) is 16.9 Å². The van der Waals surface area contributed by atoms with E-state index in [0.717, 1.165) is 38.1 Å². The van der Waals surface area contributed by atoms with Crippen LogP contribution in [0.15, 0.2) is 47.5 Å². The predicted octanol–water partition coefficient (Wildman–Crippen LogP) is 4.64. The molecule has 0 aliphatic heterocycles. The first kappa shape index (κ1) is 18.4. The molecule has 5 nitrogen and oxygen atoms in total. The number of hydrogen-bond acceptors (Lipinski definition) is 4. The van der Waals surface area contributed by atoms with Gasteiger partial charge < -0.3 is 9.30 Å². The highest BCUT2D eigenvalue weighted by molar-refractivity contribution is 7.16. The predicted molar refractivity (Wildman–Crippen MR) is 113 cm³/mol. The lowest BCUT2D eigenvalue weighted by molar-refractivity contribution is 0.0998. The van der Waals surface area contributed by atoms with Gasteiger partial charge in [0, 0.05) is 23.2 Å². The van der Waals surface area contributed by atoms with E-state index in [4.69, 9.17) is 4.74 Å². The van der Waals surface area contributed by atoms with Crippen molar-refractivity contribution in [2.75, 3.05) is 7.11 Å². The number of aromatic nitrogens is 2. The number of ether oxygens (including phenoxy) is 1. The number of aryl methyl sites for hydroxylation is 3. The van der Waals surface area contributed by atoms with Crippen LogP contribution in [0, 0.1) is 13.8 Å². The second-order valence-electron chi connectivity index (χ2n) is 6.67. The highest BCUT2D eigenvalue weighted by Gasteiger charge is 2.14. The molecule has 2 heterocycles. The summed E-state index contributed by atoms with van der Waals surface area (Å²) in [6.45, 7) is 6.76. The number of carbonyl (C=O) groups excluding carboxylic acids is 1. The first-order chi connectivity index (χ1) is 13.5. The maximum absolute atomic E-state index is 12.9. The monoisotopic (exact) mass is 391 g/mol. The van der Waals surface area contributed by atoms with Crippen molar-refractivity contribution in [1.82, 2.24) is 9.55 Å². The SMILES string of the molecule is CCn1c(=NC(=O)c2ccc3nc(C)ccc3c2)sc2c(C)ccc(OC)c21. The number of methoxy groups -OCH3 is 1. The van der Waals surface area contributed by atoms with Gasteiger partial charge in [0.25, 0.3) is 5.91 Å². The molecule has 4 rings (SSSR count). The maximum atomic E-state index is 12.9. The molecular weight excluding hydrogens is 370 g/mol. The van der Waals surface area contributed by atoms with Crippen LogP contribution in [0.5, 0.6) is 5.75 Å². The van der Waals surface area contributed by atoms with E-state index in [9.17, 15) is 4.79 Å². The van der Waals surface area contributed by atoms with E-state index in [1.165, 1.54) is 11.3 Å². The minimum atomic E-state index is -0.257. The van der Waals surface area contributed by atoms with Gasteiger partial charge >= 0.3 is 0 Å². The fourth-order valence-electron chi connectivity index (χ4n) is 3.33. The first-order valence-corrected chi connectivity index (χ1v) is 9.97. The zero-order valence-corrected chi connectivity index (χ0v) is 17.1. The fourth-order valence-corrected chi connectivity index (χ4v) is 4.51. The van der Waals surface area contributed by atoms with Gasteiger partial charge in [-0.15, -0.1) is 0 Å². The zero-order valence-electron chi connectivity index (χ0n) is 16.3. The standard InChI is InChI=1S/C22H21N3O2S/c1-5-25-19-18(27-4)11-6-13(2)20(19)28-22(25)24-21(26)16-9-10-17-15(12-16)8-7-14(3)23-17/h6-12H,5H2,1-4H3. The minimum absolute atomic E-state index is 0.257. The van der Waals surface area contributed by atoms with Crippen LogP contribution in [0.1, 0.15) is 28.5 Å². The molecule has 0 atom stereocenters. The van der Waals surface area contributed by atoms with Crippen molar-refractivity contribution in [2.45, 2.75) is 27.3 Å². The van der Waals surface area contributed by atoms with Gasteiger partial charge in [-0.2, -0.15) is 4.99 Å². The Morgan fingerprint density at radius 2 is 2.00 bits per heavy atom. The minimum Gasteiger partial charge on any atom is -0.495 e. The first-order valence-electron chi connectivity index (χ1n) is 9.15. The molecule has 2 aromatic carbocycles. The maximum Gasteiger partial charge on any atom is 0.279 e. The van der Waals surface area contributed by atoms with Gasteiger partial charge in [0.2, 0.25) is 0 Å². The molecule has 4 aromatic rings. The number of thiazole rings is 1. The third kappa shape index (κ3) is 3.10. The number of hydrogen-bond donors (Lipinski definition) is 0. The van der Waals surface area contributed by atoms with Gasteiger partial charge in [0.05, 0.1) is 17.3 Å². The third-order valence-electron chi connectivity index (χ3n) is 4.79. The van der Waals surface area contributed by atoms with Crippen LogP contribution in [-0.2, 0) is 6.54 Å². The molecule has 0 radical (unpaired) electrons. The summed E-state index contributed by atoms with van der Waals surface area (Å²) in [5.41, 5.74) is 4.52. The molecule has 2 aromatic heterocycles. The van der Waals surface area contributed by atoms with Crippen molar-refractivity contribution in [3.05, 3.63) is 64.1 Å². The summed E-state index contributed by atoms with van der Waals surface area (Å²) in [6, 6.07) is 13.4. The van der Waals surface area contributed by atoms with Crippen LogP contribution < -0.4 is 9.54 Å². The molecule has 0 spiro atoms. The van der Waals surface area contributed by atoms with E-state index in [1.807, 2.05) is 54.8 Å². The van der Waals surface area contributed by atoms with E-state index in [2.05, 4.69) is 16.9 Å². The highest BCUT2D eigenvalue weighted by atomic mass is 32.1. The third-order valence-corrected chi connectivity index (χ3v) is 6.01. The van der Waals surface area contributed by atoms with Gasteiger partial charge in [-0.1, -0.05) is 23.5 Å². The number of rotatable bonds is 3. The smallest absolute Gasteiger partial charge is 0.279 e. The Bertz CT molecular complexity index is 1280. The molecule has 6 heteroatoms. The van der Waals surface area contributed by atoms with E-state index in [-0.39, 0.29) is 5.91 Å². The van der Waals surface area contributed by atoms with Crippen LogP contribution in [0.2, 0.25) is 0 Å². The summed E-state index contributed by atoms with van der Waals surface area (Å²) in [7, 11) is 1.66. The molecular formula is C22H21N3O2S. The quantitative estimate of drug-likeness (QED) is 0.511. The van der Waals surface area contributed by atoms with Crippen LogP contribution in [0.4, 0.5) is 0 Å². The highest BCUT2D eigenvalue weighted by Crippen LogP contribution is 2.30. The average Bonchev–Trinajstić information content (AvgIpc) is 3.06. The molecule has 0 bridgehead atoms. The second-order valence-corrected chi connectivity index (χ2v) is 7.65. The topological polar surface area (TPSA) is 56.5 Å². The number of fused-ring (bicyclic) bond motifs is 2. The Kier molecular flexibility index (Phi) is 4.73. The summed E-state index contributed by atoms with van der Waals surface area (Å²) < 4.78 is 8.66. The summed E-state index contributed by atoms with van der Waals surface area (Å²) in [5.74, 6) is 0.535. The van der Waals surface area contributed by atoms with E-state index >= 15 is 0 Å². The van der Waals surface area contributed by atoms with Crippen molar-refractivity contribution in [3.8, 4) is 5.75 Å². The lowest BCUT2D eigenvalue weighted by Gasteiger charge is -2.07. The molecule has 0 fully saturated rings. The van der Waals surface area contributed by atoms with Gasteiger partial charge in [0.1, 0.15) is 11.3 Å². The Morgan fingerprint density at radius 1 is 1.18 bits per heavy atom. The number of pyridine rings is 1. The van der Waals surface area contributed by atoms with Crippen molar-refractivity contribution in [2.24, 2.45) is 4.99 Å². The molecule has 142 valence electrons. The Labute approximate surface area is 167 Å². The summed E-state index contributed by atoms with van der Waals surface area (Å²) in [4.78, 5) is 22.5.